The molecule has 0 aromatic heterocycles. The quantitative estimate of drug-likeness (QED) is 0.756. The van der Waals surface area contributed by atoms with Gasteiger partial charge in [-0.15, -0.1) is 13.2 Å². The summed E-state index contributed by atoms with van der Waals surface area (Å²) in [6.45, 7) is 1.61. The number of benzene rings is 1. The van der Waals surface area contributed by atoms with E-state index in [1.165, 1.54) is 6.07 Å². The number of ether oxygens (including phenoxy) is 1. The van der Waals surface area contributed by atoms with Crippen LogP contribution in [0.15, 0.2) is 18.2 Å². The zero-order chi connectivity index (χ0) is 12.2. The van der Waals surface area contributed by atoms with Gasteiger partial charge in [-0.1, -0.05) is 28.1 Å². The van der Waals surface area contributed by atoms with Gasteiger partial charge in [-0.25, -0.2) is 0 Å². The second-order valence-electron chi connectivity index (χ2n) is 3.44. The van der Waals surface area contributed by atoms with E-state index in [-0.39, 0.29) is 5.75 Å². The fourth-order valence-corrected chi connectivity index (χ4v) is 1.66. The van der Waals surface area contributed by atoms with Gasteiger partial charge in [-0.05, 0) is 37.0 Å². The third kappa shape index (κ3) is 4.43. The normalized spacial score (nSPS) is 11.6. The SMILES string of the molecule is Cc1cc(CCCBr)ccc1OC(F)(F)F. The van der Waals surface area contributed by atoms with Crippen LogP contribution >= 0.6 is 15.9 Å². The van der Waals surface area contributed by atoms with Crippen LogP contribution in [0.4, 0.5) is 13.2 Å². The van der Waals surface area contributed by atoms with Crippen molar-refractivity contribution in [1.82, 2.24) is 0 Å². The predicted octanol–water partition coefficient (Wildman–Crippen LogP) is 4.22. The van der Waals surface area contributed by atoms with Crippen LogP contribution < -0.4 is 4.74 Å². The summed E-state index contributed by atoms with van der Waals surface area (Å²) in [5.74, 6) is -0.130. The van der Waals surface area contributed by atoms with Crippen molar-refractivity contribution in [3.63, 3.8) is 0 Å². The Morgan fingerprint density at radius 3 is 2.50 bits per heavy atom. The van der Waals surface area contributed by atoms with Gasteiger partial charge in [0.25, 0.3) is 0 Å². The molecule has 0 unspecified atom stereocenters. The van der Waals surface area contributed by atoms with Gasteiger partial charge in [-0.2, -0.15) is 0 Å². The number of hydrogen-bond acceptors (Lipinski definition) is 1. The highest BCUT2D eigenvalue weighted by molar-refractivity contribution is 9.09. The number of aryl methyl sites for hydroxylation is 2. The highest BCUT2D eigenvalue weighted by Crippen LogP contribution is 2.26. The van der Waals surface area contributed by atoms with Crippen molar-refractivity contribution in [1.29, 1.82) is 0 Å². The molecule has 1 aromatic rings. The Bertz CT molecular complexity index is 350. The van der Waals surface area contributed by atoms with Crippen LogP contribution in [0, 0.1) is 6.92 Å². The maximum absolute atomic E-state index is 12.0. The van der Waals surface area contributed by atoms with E-state index in [2.05, 4.69) is 20.7 Å². The molecule has 0 aliphatic heterocycles. The Hall–Kier alpha value is -0.710. The van der Waals surface area contributed by atoms with E-state index in [0.717, 1.165) is 23.7 Å². The van der Waals surface area contributed by atoms with Crippen LogP contribution in [0.5, 0.6) is 5.75 Å². The Labute approximate surface area is 101 Å². The van der Waals surface area contributed by atoms with Gasteiger partial charge in [0, 0.05) is 5.33 Å². The van der Waals surface area contributed by atoms with Crippen LogP contribution in [0.25, 0.3) is 0 Å². The highest BCUT2D eigenvalue weighted by atomic mass is 79.9. The zero-order valence-electron chi connectivity index (χ0n) is 8.77. The fourth-order valence-electron chi connectivity index (χ4n) is 1.38. The Balaban J connectivity index is 2.75. The van der Waals surface area contributed by atoms with E-state index in [4.69, 9.17) is 0 Å². The maximum Gasteiger partial charge on any atom is 0.573 e. The summed E-state index contributed by atoms with van der Waals surface area (Å²) in [5.41, 5.74) is 1.52. The highest BCUT2D eigenvalue weighted by Gasteiger charge is 2.31. The molecule has 0 aliphatic rings. The molecule has 0 atom stereocenters. The predicted molar refractivity (Wildman–Crippen MR) is 60.0 cm³/mol. The molecule has 1 nitrogen and oxygen atoms in total. The van der Waals surface area contributed by atoms with Gasteiger partial charge in [0.2, 0.25) is 0 Å². The maximum atomic E-state index is 12.0. The smallest absolute Gasteiger partial charge is 0.406 e. The second kappa shape index (κ2) is 5.57. The monoisotopic (exact) mass is 296 g/mol. The summed E-state index contributed by atoms with van der Waals surface area (Å²) < 4.78 is 39.9. The first-order valence-corrected chi connectivity index (χ1v) is 5.96. The molecular formula is C11H12BrF3O. The minimum Gasteiger partial charge on any atom is -0.406 e. The molecule has 1 aromatic carbocycles. The molecule has 0 N–H and O–H groups in total. The zero-order valence-corrected chi connectivity index (χ0v) is 10.4. The van der Waals surface area contributed by atoms with Crippen molar-refractivity contribution < 1.29 is 17.9 Å². The average molecular weight is 297 g/mol. The number of halogens is 4. The standard InChI is InChI=1S/C11H12BrF3O/c1-8-7-9(3-2-6-12)4-5-10(8)16-11(13,14)15/h4-5,7H,2-3,6H2,1H3. The summed E-state index contributed by atoms with van der Waals surface area (Å²) in [7, 11) is 0. The molecule has 0 fully saturated rings. The third-order valence-electron chi connectivity index (χ3n) is 2.06. The van der Waals surface area contributed by atoms with Gasteiger partial charge >= 0.3 is 6.36 Å². The van der Waals surface area contributed by atoms with Crippen molar-refractivity contribution >= 4 is 15.9 Å². The first-order chi connectivity index (χ1) is 7.42. The van der Waals surface area contributed by atoms with Gasteiger partial charge < -0.3 is 4.74 Å². The van der Waals surface area contributed by atoms with Gasteiger partial charge in [0.1, 0.15) is 5.75 Å². The van der Waals surface area contributed by atoms with Crippen LogP contribution in [-0.2, 0) is 6.42 Å². The molecule has 0 bridgehead atoms. The van der Waals surface area contributed by atoms with E-state index in [1.54, 1.807) is 19.1 Å². The van der Waals surface area contributed by atoms with Gasteiger partial charge in [0.05, 0.1) is 0 Å². The molecular weight excluding hydrogens is 285 g/mol. The number of rotatable bonds is 4. The topological polar surface area (TPSA) is 9.23 Å². The summed E-state index contributed by atoms with van der Waals surface area (Å²) >= 11 is 3.31. The third-order valence-corrected chi connectivity index (χ3v) is 2.62. The first-order valence-electron chi connectivity index (χ1n) is 4.83. The number of alkyl halides is 4. The molecule has 16 heavy (non-hydrogen) atoms. The fraction of sp³-hybridized carbons (Fsp3) is 0.455. The lowest BCUT2D eigenvalue weighted by atomic mass is 10.1. The lowest BCUT2D eigenvalue weighted by molar-refractivity contribution is -0.274. The average Bonchev–Trinajstić information content (AvgIpc) is 2.17. The van der Waals surface area contributed by atoms with Crippen molar-refractivity contribution in [3.05, 3.63) is 29.3 Å². The molecule has 0 radical (unpaired) electrons. The molecule has 1 rings (SSSR count). The van der Waals surface area contributed by atoms with Crippen molar-refractivity contribution in [3.8, 4) is 5.75 Å². The molecule has 5 heteroatoms. The summed E-state index contributed by atoms with van der Waals surface area (Å²) in [4.78, 5) is 0. The lowest BCUT2D eigenvalue weighted by Crippen LogP contribution is -2.17. The molecule has 0 aliphatic carbocycles. The van der Waals surface area contributed by atoms with E-state index < -0.39 is 6.36 Å². The van der Waals surface area contributed by atoms with Gasteiger partial charge in [0.15, 0.2) is 0 Å². The summed E-state index contributed by atoms with van der Waals surface area (Å²) in [5, 5.41) is 0.882. The molecule has 0 heterocycles. The first kappa shape index (κ1) is 13.4. The van der Waals surface area contributed by atoms with Crippen LogP contribution in [-0.4, -0.2) is 11.7 Å². The van der Waals surface area contributed by atoms with Crippen LogP contribution in [0.3, 0.4) is 0 Å². The molecule has 90 valence electrons. The van der Waals surface area contributed by atoms with Crippen molar-refractivity contribution in [2.75, 3.05) is 5.33 Å². The molecule has 0 saturated heterocycles. The Morgan fingerprint density at radius 1 is 1.31 bits per heavy atom. The second-order valence-corrected chi connectivity index (χ2v) is 4.23. The lowest BCUT2D eigenvalue weighted by Gasteiger charge is -2.12. The van der Waals surface area contributed by atoms with Crippen LogP contribution in [0.2, 0.25) is 0 Å². The Morgan fingerprint density at radius 2 is 2.00 bits per heavy atom. The largest absolute Gasteiger partial charge is 0.573 e. The van der Waals surface area contributed by atoms with E-state index >= 15 is 0 Å². The molecule has 0 spiro atoms. The summed E-state index contributed by atoms with van der Waals surface area (Å²) in [6, 6.07) is 4.76. The van der Waals surface area contributed by atoms with E-state index in [0.29, 0.717) is 5.56 Å². The van der Waals surface area contributed by atoms with E-state index in [1.807, 2.05) is 0 Å². The number of hydrogen-bond donors (Lipinski definition) is 0. The Kier molecular flexibility index (Phi) is 4.65. The van der Waals surface area contributed by atoms with E-state index in [9.17, 15) is 13.2 Å². The molecule has 0 amide bonds. The summed E-state index contributed by atoms with van der Waals surface area (Å²) in [6.07, 6.45) is -2.82. The van der Waals surface area contributed by atoms with Crippen molar-refractivity contribution in [2.45, 2.75) is 26.1 Å². The van der Waals surface area contributed by atoms with Crippen LogP contribution in [0.1, 0.15) is 17.5 Å². The van der Waals surface area contributed by atoms with Gasteiger partial charge in [-0.3, -0.25) is 0 Å². The minimum absolute atomic E-state index is 0.130. The molecule has 0 saturated carbocycles. The minimum atomic E-state index is -4.62. The van der Waals surface area contributed by atoms with Crippen molar-refractivity contribution in [2.24, 2.45) is 0 Å².